The van der Waals surface area contributed by atoms with Gasteiger partial charge in [-0.25, -0.2) is 4.68 Å². The number of aromatic nitrogens is 2. The highest BCUT2D eigenvalue weighted by Gasteiger charge is 2.24. The van der Waals surface area contributed by atoms with Crippen molar-refractivity contribution in [2.24, 2.45) is 0 Å². The minimum Gasteiger partial charge on any atom is -0.354 e. The van der Waals surface area contributed by atoms with Crippen LogP contribution in [-0.2, 0) is 6.54 Å². The van der Waals surface area contributed by atoms with Crippen molar-refractivity contribution in [3.05, 3.63) is 15.8 Å². The van der Waals surface area contributed by atoms with E-state index in [0.29, 0.717) is 24.6 Å². The number of hydrogen-bond acceptors (Lipinski definition) is 4. The Labute approximate surface area is 100 Å². The molecule has 0 atom stereocenters. The van der Waals surface area contributed by atoms with Crippen molar-refractivity contribution in [3.8, 4) is 11.8 Å². The van der Waals surface area contributed by atoms with Crippen molar-refractivity contribution in [1.82, 2.24) is 9.78 Å². The average molecular weight is 236 g/mol. The first-order valence-electron chi connectivity index (χ1n) is 5.47. The van der Waals surface area contributed by atoms with Crippen LogP contribution in [0, 0.1) is 28.9 Å². The van der Waals surface area contributed by atoms with E-state index in [-0.39, 0.29) is 5.69 Å². The van der Waals surface area contributed by atoms with Gasteiger partial charge in [0.15, 0.2) is 0 Å². The van der Waals surface area contributed by atoms with Crippen LogP contribution in [0.4, 0.5) is 11.5 Å². The van der Waals surface area contributed by atoms with Gasteiger partial charge in [-0.2, -0.15) is 5.10 Å². The summed E-state index contributed by atoms with van der Waals surface area (Å²) >= 11 is 0. The van der Waals surface area contributed by atoms with Crippen molar-refractivity contribution in [2.75, 3.05) is 11.9 Å². The number of anilines is 1. The second-order valence-electron chi connectivity index (χ2n) is 3.54. The van der Waals surface area contributed by atoms with E-state index in [1.54, 1.807) is 18.5 Å². The summed E-state index contributed by atoms with van der Waals surface area (Å²) in [5.41, 5.74) is 0.465. The lowest BCUT2D eigenvalue weighted by Gasteiger charge is -2.05. The van der Waals surface area contributed by atoms with Gasteiger partial charge in [-0.15, -0.1) is 5.92 Å². The monoisotopic (exact) mass is 236 g/mol. The largest absolute Gasteiger partial charge is 0.354 e. The molecule has 6 nitrogen and oxygen atoms in total. The average Bonchev–Trinajstić information content (AvgIpc) is 2.56. The molecule has 0 bridgehead atoms. The maximum Gasteiger partial charge on any atom is 0.333 e. The Balaban J connectivity index is 3.08. The van der Waals surface area contributed by atoms with Gasteiger partial charge in [-0.3, -0.25) is 10.1 Å². The normalized spacial score (nSPS) is 9.59. The molecule has 0 saturated heterocycles. The van der Waals surface area contributed by atoms with Crippen LogP contribution in [0.1, 0.15) is 26.0 Å². The van der Waals surface area contributed by atoms with E-state index in [4.69, 9.17) is 0 Å². The van der Waals surface area contributed by atoms with E-state index >= 15 is 0 Å². The molecule has 6 heteroatoms. The van der Waals surface area contributed by atoms with E-state index < -0.39 is 4.92 Å². The van der Waals surface area contributed by atoms with Crippen molar-refractivity contribution in [1.29, 1.82) is 0 Å². The summed E-state index contributed by atoms with van der Waals surface area (Å²) in [5.74, 6) is 5.99. The quantitative estimate of drug-likeness (QED) is 0.481. The van der Waals surface area contributed by atoms with Gasteiger partial charge in [0, 0.05) is 6.54 Å². The van der Waals surface area contributed by atoms with E-state index in [9.17, 15) is 10.1 Å². The lowest BCUT2D eigenvalue weighted by atomic mass is 10.4. The predicted octanol–water partition coefficient (Wildman–Crippen LogP) is 1.94. The lowest BCUT2D eigenvalue weighted by Crippen LogP contribution is -2.09. The Hall–Kier alpha value is -2.03. The third kappa shape index (κ3) is 2.97. The van der Waals surface area contributed by atoms with Gasteiger partial charge in [0.25, 0.3) is 0 Å². The molecule has 1 rings (SSSR count). The Morgan fingerprint density at radius 1 is 1.59 bits per heavy atom. The first-order valence-corrected chi connectivity index (χ1v) is 5.47. The van der Waals surface area contributed by atoms with Crippen LogP contribution >= 0.6 is 0 Å². The van der Waals surface area contributed by atoms with Crippen LogP contribution in [0.25, 0.3) is 0 Å². The third-order valence-electron chi connectivity index (χ3n) is 2.23. The van der Waals surface area contributed by atoms with Crippen LogP contribution < -0.4 is 5.32 Å². The predicted molar refractivity (Wildman–Crippen MR) is 65.8 cm³/mol. The second kappa shape index (κ2) is 5.89. The highest BCUT2D eigenvalue weighted by molar-refractivity contribution is 5.60. The maximum atomic E-state index is 11.0. The summed E-state index contributed by atoms with van der Waals surface area (Å²) in [5, 5.41) is 18.1. The summed E-state index contributed by atoms with van der Waals surface area (Å²) in [6, 6.07) is 0. The maximum absolute atomic E-state index is 11.0. The summed E-state index contributed by atoms with van der Waals surface area (Å²) in [6.45, 7) is 6.40. The fourth-order valence-corrected chi connectivity index (χ4v) is 1.56. The number of hydrogen-bond donors (Lipinski definition) is 1. The first kappa shape index (κ1) is 13.0. The summed E-state index contributed by atoms with van der Waals surface area (Å²) in [7, 11) is 0. The molecule has 1 aromatic rings. The molecule has 0 spiro atoms. The number of nitro groups is 1. The molecule has 0 aliphatic carbocycles. The van der Waals surface area contributed by atoms with Crippen LogP contribution in [0.5, 0.6) is 0 Å². The molecule has 0 radical (unpaired) electrons. The first-order chi connectivity index (χ1) is 8.11. The fourth-order valence-electron chi connectivity index (χ4n) is 1.56. The smallest absolute Gasteiger partial charge is 0.333 e. The van der Waals surface area contributed by atoms with E-state index in [1.165, 1.54) is 0 Å². The third-order valence-corrected chi connectivity index (χ3v) is 2.23. The Kier molecular flexibility index (Phi) is 4.52. The van der Waals surface area contributed by atoms with E-state index in [2.05, 4.69) is 22.3 Å². The van der Waals surface area contributed by atoms with Crippen molar-refractivity contribution in [2.45, 2.75) is 33.7 Å². The number of rotatable bonds is 5. The van der Waals surface area contributed by atoms with Gasteiger partial charge in [-0.1, -0.05) is 12.8 Å². The summed E-state index contributed by atoms with van der Waals surface area (Å²) in [6.07, 6.45) is 0.867. The summed E-state index contributed by atoms with van der Waals surface area (Å²) in [4.78, 5) is 10.6. The molecule has 0 aliphatic heterocycles. The minimum absolute atomic E-state index is 0.0383. The Morgan fingerprint density at radius 2 is 2.29 bits per heavy atom. The highest BCUT2D eigenvalue weighted by atomic mass is 16.6. The number of nitrogens with one attached hydrogen (secondary N) is 1. The van der Waals surface area contributed by atoms with Crippen molar-refractivity contribution < 1.29 is 4.92 Å². The van der Waals surface area contributed by atoms with Crippen LogP contribution in [0.2, 0.25) is 0 Å². The zero-order valence-corrected chi connectivity index (χ0v) is 10.3. The van der Waals surface area contributed by atoms with Gasteiger partial charge in [-0.05, 0) is 20.3 Å². The molecular weight excluding hydrogens is 220 g/mol. The topological polar surface area (TPSA) is 73.0 Å². The SMILES string of the molecule is CC#CCNc1c([N+](=O)[O-])c(C)nn1CCC. The molecule has 1 aromatic heterocycles. The van der Waals surface area contributed by atoms with E-state index in [1.807, 2.05) is 6.92 Å². The molecule has 0 unspecified atom stereocenters. The molecule has 0 fully saturated rings. The van der Waals surface area contributed by atoms with Crippen LogP contribution in [0.15, 0.2) is 0 Å². The van der Waals surface area contributed by atoms with Crippen LogP contribution in [0.3, 0.4) is 0 Å². The highest BCUT2D eigenvalue weighted by Crippen LogP contribution is 2.28. The summed E-state index contributed by atoms with van der Waals surface area (Å²) < 4.78 is 1.63. The fraction of sp³-hybridized carbons (Fsp3) is 0.545. The molecule has 17 heavy (non-hydrogen) atoms. The molecule has 92 valence electrons. The number of aryl methyl sites for hydroxylation is 2. The van der Waals surface area contributed by atoms with Gasteiger partial charge in [0.05, 0.1) is 11.5 Å². The molecular formula is C11H16N4O2. The molecule has 1 heterocycles. The van der Waals surface area contributed by atoms with Crippen molar-refractivity contribution >= 4 is 11.5 Å². The Bertz CT molecular complexity index is 468. The van der Waals surface area contributed by atoms with Gasteiger partial charge in [0.2, 0.25) is 5.82 Å². The Morgan fingerprint density at radius 3 is 2.82 bits per heavy atom. The molecule has 0 amide bonds. The lowest BCUT2D eigenvalue weighted by molar-refractivity contribution is -0.384. The standard InChI is InChI=1S/C11H16N4O2/c1-4-6-7-12-11-10(15(16)17)9(3)13-14(11)8-5-2/h12H,5,7-8H2,1-3H3. The molecule has 0 aromatic carbocycles. The minimum atomic E-state index is -0.407. The van der Waals surface area contributed by atoms with Crippen LogP contribution in [-0.4, -0.2) is 21.2 Å². The molecule has 0 aliphatic rings. The van der Waals surface area contributed by atoms with E-state index in [0.717, 1.165) is 6.42 Å². The van der Waals surface area contributed by atoms with Gasteiger partial charge < -0.3 is 5.32 Å². The van der Waals surface area contributed by atoms with Gasteiger partial charge >= 0.3 is 5.69 Å². The molecule has 0 saturated carbocycles. The number of nitrogens with zero attached hydrogens (tertiary/aromatic N) is 3. The zero-order chi connectivity index (χ0) is 12.8. The second-order valence-corrected chi connectivity index (χ2v) is 3.54. The van der Waals surface area contributed by atoms with Gasteiger partial charge in [0.1, 0.15) is 5.69 Å². The molecule has 1 N–H and O–H groups in total. The van der Waals surface area contributed by atoms with Crippen molar-refractivity contribution in [3.63, 3.8) is 0 Å². The zero-order valence-electron chi connectivity index (χ0n) is 10.3.